The molecular formula is C19H26N2O2S. The number of nitrogens with one attached hydrogen (secondary N) is 1. The van der Waals surface area contributed by atoms with Gasteiger partial charge in [-0.1, -0.05) is 19.3 Å². The Labute approximate surface area is 148 Å². The predicted octanol–water partition coefficient (Wildman–Crippen LogP) is 3.46. The summed E-state index contributed by atoms with van der Waals surface area (Å²) >= 11 is 1.68. The Hall–Kier alpha value is -1.49. The predicted molar refractivity (Wildman–Crippen MR) is 98.3 cm³/mol. The van der Waals surface area contributed by atoms with Crippen LogP contribution >= 0.6 is 11.8 Å². The van der Waals surface area contributed by atoms with Crippen LogP contribution in [0.5, 0.6) is 0 Å². The van der Waals surface area contributed by atoms with Crippen molar-refractivity contribution in [1.82, 2.24) is 5.32 Å². The molecule has 130 valence electrons. The Morgan fingerprint density at radius 1 is 1.21 bits per heavy atom. The van der Waals surface area contributed by atoms with Gasteiger partial charge in [-0.3, -0.25) is 9.59 Å². The Morgan fingerprint density at radius 2 is 1.92 bits per heavy atom. The molecule has 0 radical (unpaired) electrons. The number of anilines is 1. The number of carbonyl (C=O) groups is 2. The van der Waals surface area contributed by atoms with E-state index in [2.05, 4.69) is 5.32 Å². The second-order valence-corrected chi connectivity index (χ2v) is 7.73. The van der Waals surface area contributed by atoms with Gasteiger partial charge in [0.1, 0.15) is 0 Å². The average molecular weight is 346 g/mol. The van der Waals surface area contributed by atoms with Gasteiger partial charge < -0.3 is 10.2 Å². The first-order valence-corrected chi connectivity index (χ1v) is 10.1. The highest BCUT2D eigenvalue weighted by Crippen LogP contribution is 2.27. The molecule has 0 spiro atoms. The first-order chi connectivity index (χ1) is 11.7. The lowest BCUT2D eigenvalue weighted by Crippen LogP contribution is -2.36. The van der Waals surface area contributed by atoms with E-state index in [0.29, 0.717) is 18.9 Å². The number of amides is 2. The fourth-order valence-corrected chi connectivity index (χ4v) is 4.08. The van der Waals surface area contributed by atoms with Crippen molar-refractivity contribution in [3.63, 3.8) is 0 Å². The van der Waals surface area contributed by atoms with Crippen molar-refractivity contribution in [3.05, 3.63) is 24.3 Å². The van der Waals surface area contributed by atoms with E-state index >= 15 is 0 Å². The molecule has 1 aliphatic carbocycles. The van der Waals surface area contributed by atoms with Crippen LogP contribution in [0.2, 0.25) is 0 Å². The summed E-state index contributed by atoms with van der Waals surface area (Å²) in [5.41, 5.74) is 0.889. The fourth-order valence-electron chi connectivity index (χ4n) is 3.68. The van der Waals surface area contributed by atoms with Gasteiger partial charge in [-0.2, -0.15) is 0 Å². The van der Waals surface area contributed by atoms with Gasteiger partial charge in [0, 0.05) is 30.1 Å². The summed E-state index contributed by atoms with van der Waals surface area (Å²) in [6.07, 6.45) is 8.68. The highest BCUT2D eigenvalue weighted by Gasteiger charge is 2.35. The van der Waals surface area contributed by atoms with E-state index in [1.54, 1.807) is 16.7 Å². The van der Waals surface area contributed by atoms with Crippen molar-refractivity contribution in [3.8, 4) is 0 Å². The summed E-state index contributed by atoms with van der Waals surface area (Å²) in [6, 6.07) is 7.96. The van der Waals surface area contributed by atoms with Crippen LogP contribution in [-0.2, 0) is 9.59 Å². The lowest BCUT2D eigenvalue weighted by atomic mass is 9.89. The molecule has 1 aromatic carbocycles. The second-order valence-electron chi connectivity index (χ2n) is 6.85. The van der Waals surface area contributed by atoms with Gasteiger partial charge in [-0.15, -0.1) is 11.8 Å². The summed E-state index contributed by atoms with van der Waals surface area (Å²) in [7, 11) is 0. The summed E-state index contributed by atoms with van der Waals surface area (Å²) in [6.45, 7) is 1.26. The van der Waals surface area contributed by atoms with E-state index in [9.17, 15) is 9.59 Å². The molecule has 0 aromatic heterocycles. The molecule has 0 bridgehead atoms. The number of benzene rings is 1. The second kappa shape index (κ2) is 8.06. The van der Waals surface area contributed by atoms with Crippen LogP contribution in [0.3, 0.4) is 0 Å². The molecule has 1 aliphatic heterocycles. The number of hydrogen-bond donors (Lipinski definition) is 1. The molecule has 2 fully saturated rings. The lowest BCUT2D eigenvalue weighted by Gasteiger charge is -2.22. The Balaban J connectivity index is 1.54. The van der Waals surface area contributed by atoms with E-state index in [1.807, 2.05) is 30.5 Å². The monoisotopic (exact) mass is 346 g/mol. The minimum Gasteiger partial charge on any atom is -0.356 e. The molecule has 5 heteroatoms. The highest BCUT2D eigenvalue weighted by atomic mass is 32.2. The molecule has 24 heavy (non-hydrogen) atoms. The molecular weight excluding hydrogens is 320 g/mol. The highest BCUT2D eigenvalue weighted by molar-refractivity contribution is 7.98. The zero-order chi connectivity index (χ0) is 16.9. The van der Waals surface area contributed by atoms with Gasteiger partial charge in [0.2, 0.25) is 11.8 Å². The van der Waals surface area contributed by atoms with Crippen LogP contribution in [0, 0.1) is 11.8 Å². The molecule has 1 N–H and O–H groups in total. The van der Waals surface area contributed by atoms with Crippen LogP contribution in [0.1, 0.15) is 38.5 Å². The molecule has 0 unspecified atom stereocenters. The molecule has 1 saturated carbocycles. The smallest absolute Gasteiger partial charge is 0.227 e. The van der Waals surface area contributed by atoms with E-state index in [4.69, 9.17) is 0 Å². The SMILES string of the molecule is CSc1ccc(N2C[C@H](C(=O)NCC3CCCCC3)CC2=O)cc1. The lowest BCUT2D eigenvalue weighted by molar-refractivity contribution is -0.126. The Kier molecular flexibility index (Phi) is 5.82. The van der Waals surface area contributed by atoms with E-state index in [1.165, 1.54) is 37.0 Å². The molecule has 2 aliphatic rings. The third kappa shape index (κ3) is 4.12. The molecule has 1 heterocycles. The van der Waals surface area contributed by atoms with Crippen LogP contribution in [-0.4, -0.2) is 31.2 Å². The maximum atomic E-state index is 12.4. The van der Waals surface area contributed by atoms with E-state index in [-0.39, 0.29) is 17.7 Å². The number of rotatable bonds is 5. The van der Waals surface area contributed by atoms with E-state index in [0.717, 1.165) is 12.2 Å². The van der Waals surface area contributed by atoms with Crippen molar-refractivity contribution in [2.45, 2.75) is 43.4 Å². The zero-order valence-electron chi connectivity index (χ0n) is 14.3. The summed E-state index contributed by atoms with van der Waals surface area (Å²) in [5.74, 6) is 0.484. The van der Waals surface area contributed by atoms with Gasteiger partial charge in [0.15, 0.2) is 0 Å². The quantitative estimate of drug-likeness (QED) is 0.831. The number of carbonyl (C=O) groups excluding carboxylic acids is 2. The number of thioether (sulfide) groups is 1. The Morgan fingerprint density at radius 3 is 2.58 bits per heavy atom. The molecule has 4 nitrogen and oxygen atoms in total. The van der Waals surface area contributed by atoms with Gasteiger partial charge >= 0.3 is 0 Å². The average Bonchev–Trinajstić information content (AvgIpc) is 3.02. The molecule has 3 rings (SSSR count). The zero-order valence-corrected chi connectivity index (χ0v) is 15.1. The summed E-state index contributed by atoms with van der Waals surface area (Å²) in [5, 5.41) is 3.08. The van der Waals surface area contributed by atoms with Gasteiger partial charge in [-0.25, -0.2) is 0 Å². The van der Waals surface area contributed by atoms with Gasteiger partial charge in [0.25, 0.3) is 0 Å². The largest absolute Gasteiger partial charge is 0.356 e. The molecule has 2 amide bonds. The van der Waals surface area contributed by atoms with Crippen molar-refractivity contribution >= 4 is 29.3 Å². The fraction of sp³-hybridized carbons (Fsp3) is 0.579. The normalized spacial score (nSPS) is 22.0. The Bertz CT molecular complexity index is 582. The standard InChI is InChI=1S/C19H26N2O2S/c1-24-17-9-7-16(8-10-17)21-13-15(11-18(21)22)19(23)20-12-14-5-3-2-4-6-14/h7-10,14-15H,2-6,11-13H2,1H3,(H,20,23)/t15-/m1/s1. The first-order valence-electron chi connectivity index (χ1n) is 8.89. The molecule has 1 saturated heterocycles. The topological polar surface area (TPSA) is 49.4 Å². The number of hydrogen-bond acceptors (Lipinski definition) is 3. The minimum atomic E-state index is -0.221. The van der Waals surface area contributed by atoms with E-state index < -0.39 is 0 Å². The maximum Gasteiger partial charge on any atom is 0.227 e. The third-order valence-electron chi connectivity index (χ3n) is 5.17. The van der Waals surface area contributed by atoms with Crippen molar-refractivity contribution in [2.24, 2.45) is 11.8 Å². The summed E-state index contributed by atoms with van der Waals surface area (Å²) in [4.78, 5) is 27.6. The van der Waals surface area contributed by atoms with Crippen LogP contribution in [0.4, 0.5) is 5.69 Å². The van der Waals surface area contributed by atoms with Crippen molar-refractivity contribution in [2.75, 3.05) is 24.2 Å². The molecule has 1 atom stereocenters. The van der Waals surface area contributed by atoms with Crippen LogP contribution < -0.4 is 10.2 Å². The van der Waals surface area contributed by atoms with Gasteiger partial charge in [0.05, 0.1) is 5.92 Å². The van der Waals surface area contributed by atoms with Crippen LogP contribution in [0.15, 0.2) is 29.2 Å². The van der Waals surface area contributed by atoms with Gasteiger partial charge in [-0.05, 0) is 49.3 Å². The minimum absolute atomic E-state index is 0.0390. The molecule has 1 aromatic rings. The van der Waals surface area contributed by atoms with Crippen LogP contribution in [0.25, 0.3) is 0 Å². The van der Waals surface area contributed by atoms with Crippen molar-refractivity contribution < 1.29 is 9.59 Å². The third-order valence-corrected chi connectivity index (χ3v) is 5.91. The van der Waals surface area contributed by atoms with Crippen molar-refractivity contribution in [1.29, 1.82) is 0 Å². The first kappa shape index (κ1) is 17.3. The number of nitrogens with zero attached hydrogens (tertiary/aromatic N) is 1. The maximum absolute atomic E-state index is 12.4. The summed E-state index contributed by atoms with van der Waals surface area (Å²) < 4.78 is 0.